The lowest BCUT2D eigenvalue weighted by molar-refractivity contribution is -0.131. The molecule has 0 unspecified atom stereocenters. The van der Waals surface area contributed by atoms with Gasteiger partial charge in [0.15, 0.2) is 5.78 Å². The predicted octanol–water partition coefficient (Wildman–Crippen LogP) is 4.71. The molecular formula is C26H33NO4. The summed E-state index contributed by atoms with van der Waals surface area (Å²) in [6.07, 6.45) is 4.53. The van der Waals surface area contributed by atoms with Crippen molar-refractivity contribution in [1.29, 1.82) is 0 Å². The van der Waals surface area contributed by atoms with Crippen LogP contribution < -0.4 is 9.47 Å². The Bertz CT molecular complexity index is 883. The second-order valence-corrected chi connectivity index (χ2v) is 8.20. The van der Waals surface area contributed by atoms with Gasteiger partial charge in [0.1, 0.15) is 11.5 Å². The maximum atomic E-state index is 12.9. The third-order valence-corrected chi connectivity index (χ3v) is 6.07. The number of benzene rings is 2. The predicted molar refractivity (Wildman–Crippen MR) is 122 cm³/mol. The van der Waals surface area contributed by atoms with Crippen LogP contribution in [0.2, 0.25) is 0 Å². The van der Waals surface area contributed by atoms with Gasteiger partial charge in [-0.25, -0.2) is 0 Å². The first-order valence-corrected chi connectivity index (χ1v) is 11.2. The smallest absolute Gasteiger partial charge is 0.227 e. The molecule has 0 spiro atoms. The van der Waals surface area contributed by atoms with Gasteiger partial charge in [0.05, 0.1) is 20.1 Å². The number of hydrogen-bond acceptors (Lipinski definition) is 4. The molecule has 0 aliphatic carbocycles. The fourth-order valence-electron chi connectivity index (χ4n) is 4.17. The van der Waals surface area contributed by atoms with Crippen LogP contribution in [0.5, 0.6) is 11.5 Å². The fourth-order valence-corrected chi connectivity index (χ4v) is 4.17. The number of carbonyl (C=O) groups excluding carboxylic acids is 2. The molecule has 0 bridgehead atoms. The Morgan fingerprint density at radius 1 is 1.06 bits per heavy atom. The topological polar surface area (TPSA) is 55.8 Å². The largest absolute Gasteiger partial charge is 0.496 e. The van der Waals surface area contributed by atoms with E-state index in [9.17, 15) is 9.59 Å². The van der Waals surface area contributed by atoms with E-state index in [1.165, 1.54) is 12.5 Å². The van der Waals surface area contributed by atoms with E-state index in [1.807, 2.05) is 24.0 Å². The van der Waals surface area contributed by atoms with Crippen molar-refractivity contribution in [3.63, 3.8) is 0 Å². The lowest BCUT2D eigenvalue weighted by Gasteiger charge is -2.32. The molecule has 3 rings (SSSR count). The third kappa shape index (κ3) is 6.33. The molecule has 0 saturated carbocycles. The molecule has 0 aromatic heterocycles. The number of amides is 1. The van der Waals surface area contributed by atoms with E-state index in [2.05, 4.69) is 12.1 Å². The minimum atomic E-state index is -0.00954. The zero-order valence-electron chi connectivity index (χ0n) is 18.9. The summed E-state index contributed by atoms with van der Waals surface area (Å²) in [6.45, 7) is 5.80. The summed E-state index contributed by atoms with van der Waals surface area (Å²) < 4.78 is 10.9. The number of methoxy groups -OCH3 is 1. The van der Waals surface area contributed by atoms with Gasteiger partial charge < -0.3 is 14.4 Å². The molecule has 1 saturated heterocycles. The number of ketones is 1. The van der Waals surface area contributed by atoms with Crippen LogP contribution in [-0.2, 0) is 17.6 Å². The van der Waals surface area contributed by atoms with Crippen molar-refractivity contribution in [1.82, 2.24) is 4.90 Å². The number of carbonyl (C=O) groups is 2. The van der Waals surface area contributed by atoms with Crippen LogP contribution in [-0.4, -0.2) is 43.4 Å². The molecule has 2 aromatic rings. The van der Waals surface area contributed by atoms with E-state index in [4.69, 9.17) is 9.47 Å². The highest BCUT2D eigenvalue weighted by Gasteiger charge is 2.23. The van der Waals surface area contributed by atoms with Crippen LogP contribution in [0.3, 0.4) is 0 Å². The van der Waals surface area contributed by atoms with Gasteiger partial charge >= 0.3 is 0 Å². The van der Waals surface area contributed by atoms with Gasteiger partial charge in [-0.2, -0.15) is 0 Å². The molecule has 1 aliphatic heterocycles. The number of Topliss-reactive ketones (excluding diaryl/α,β-unsaturated/α-hetero) is 1. The molecule has 2 aromatic carbocycles. The highest BCUT2D eigenvalue weighted by Crippen LogP contribution is 2.26. The van der Waals surface area contributed by atoms with E-state index >= 15 is 0 Å². The van der Waals surface area contributed by atoms with Crippen LogP contribution in [0, 0.1) is 5.92 Å². The lowest BCUT2D eigenvalue weighted by Crippen LogP contribution is -2.39. The Morgan fingerprint density at radius 2 is 1.77 bits per heavy atom. The van der Waals surface area contributed by atoms with Crippen LogP contribution in [0.15, 0.2) is 42.5 Å². The van der Waals surface area contributed by atoms with E-state index < -0.39 is 0 Å². The SMILES string of the molecule is CCOc1ccc(CCC2CCN(C(=O)Cc3cc(C(C)=O)ccc3OC)CC2)cc1. The van der Waals surface area contributed by atoms with E-state index in [-0.39, 0.29) is 18.1 Å². The summed E-state index contributed by atoms with van der Waals surface area (Å²) in [6, 6.07) is 13.7. The van der Waals surface area contributed by atoms with E-state index in [0.717, 1.165) is 50.1 Å². The van der Waals surface area contributed by atoms with Crippen molar-refractivity contribution in [2.45, 2.75) is 46.0 Å². The summed E-state index contributed by atoms with van der Waals surface area (Å²) in [5, 5.41) is 0. The number of rotatable bonds is 9. The maximum absolute atomic E-state index is 12.9. The zero-order valence-corrected chi connectivity index (χ0v) is 18.9. The second kappa shape index (κ2) is 11.0. The first-order valence-electron chi connectivity index (χ1n) is 11.2. The molecule has 0 atom stereocenters. The maximum Gasteiger partial charge on any atom is 0.227 e. The number of aryl methyl sites for hydroxylation is 1. The zero-order chi connectivity index (χ0) is 22.2. The van der Waals surface area contributed by atoms with Gasteiger partial charge in [-0.1, -0.05) is 12.1 Å². The molecule has 1 heterocycles. The standard InChI is InChI=1S/C26H33NO4/c1-4-31-24-10-7-20(8-11-24)5-6-21-13-15-27(16-14-21)26(29)18-23-17-22(19(2)28)9-12-25(23)30-3/h7-12,17,21H,4-6,13-16,18H2,1-3H3. The van der Waals surface area contributed by atoms with E-state index in [0.29, 0.717) is 23.8 Å². The molecule has 1 amide bonds. The van der Waals surface area contributed by atoms with E-state index in [1.54, 1.807) is 25.3 Å². The minimum Gasteiger partial charge on any atom is -0.496 e. The summed E-state index contributed by atoms with van der Waals surface area (Å²) in [5.74, 6) is 2.31. The number of hydrogen-bond donors (Lipinski definition) is 0. The van der Waals surface area contributed by atoms with Crippen molar-refractivity contribution in [2.75, 3.05) is 26.8 Å². The van der Waals surface area contributed by atoms with Crippen molar-refractivity contribution < 1.29 is 19.1 Å². The monoisotopic (exact) mass is 423 g/mol. The fraction of sp³-hybridized carbons (Fsp3) is 0.462. The molecule has 1 fully saturated rings. The molecule has 0 radical (unpaired) electrons. The molecule has 5 heteroatoms. The molecule has 0 N–H and O–H groups in total. The Hall–Kier alpha value is -2.82. The van der Waals surface area contributed by atoms with Gasteiger partial charge in [-0.3, -0.25) is 9.59 Å². The van der Waals surface area contributed by atoms with Gasteiger partial charge in [0, 0.05) is 24.2 Å². The summed E-state index contributed by atoms with van der Waals surface area (Å²) >= 11 is 0. The quantitative estimate of drug-likeness (QED) is 0.548. The highest BCUT2D eigenvalue weighted by atomic mass is 16.5. The summed E-state index contributed by atoms with van der Waals surface area (Å²) in [7, 11) is 1.59. The Kier molecular flexibility index (Phi) is 8.10. The lowest BCUT2D eigenvalue weighted by atomic mass is 9.90. The van der Waals surface area contributed by atoms with Crippen molar-refractivity contribution >= 4 is 11.7 Å². The van der Waals surface area contributed by atoms with Crippen LogP contribution in [0.4, 0.5) is 0 Å². The molecule has 31 heavy (non-hydrogen) atoms. The number of nitrogens with zero attached hydrogens (tertiary/aromatic N) is 1. The van der Waals surface area contributed by atoms with Crippen molar-refractivity contribution in [2.24, 2.45) is 5.92 Å². The normalized spacial score (nSPS) is 14.4. The van der Waals surface area contributed by atoms with Crippen LogP contribution >= 0.6 is 0 Å². The first-order chi connectivity index (χ1) is 15.0. The average molecular weight is 424 g/mol. The molecule has 5 nitrogen and oxygen atoms in total. The van der Waals surface area contributed by atoms with Gasteiger partial charge in [-0.15, -0.1) is 0 Å². The van der Waals surface area contributed by atoms with Crippen molar-refractivity contribution in [3.8, 4) is 11.5 Å². The first kappa shape index (κ1) is 22.9. The van der Waals surface area contributed by atoms with Crippen LogP contribution in [0.25, 0.3) is 0 Å². The summed E-state index contributed by atoms with van der Waals surface area (Å²) in [5.41, 5.74) is 2.72. The molecular weight excluding hydrogens is 390 g/mol. The second-order valence-electron chi connectivity index (χ2n) is 8.20. The van der Waals surface area contributed by atoms with Gasteiger partial charge in [0.2, 0.25) is 5.91 Å². The number of piperidine rings is 1. The molecule has 1 aliphatic rings. The van der Waals surface area contributed by atoms with Gasteiger partial charge in [0.25, 0.3) is 0 Å². The molecule has 166 valence electrons. The Morgan fingerprint density at radius 3 is 2.39 bits per heavy atom. The van der Waals surface area contributed by atoms with Crippen molar-refractivity contribution in [3.05, 3.63) is 59.2 Å². The third-order valence-electron chi connectivity index (χ3n) is 6.07. The van der Waals surface area contributed by atoms with Gasteiger partial charge in [-0.05, 0) is 81.3 Å². The summed E-state index contributed by atoms with van der Waals surface area (Å²) in [4.78, 5) is 26.5. The highest BCUT2D eigenvalue weighted by molar-refractivity contribution is 5.94. The van der Waals surface area contributed by atoms with Crippen LogP contribution in [0.1, 0.15) is 54.6 Å². The Labute approximate surface area is 185 Å². The number of ether oxygens (including phenoxy) is 2. The minimum absolute atomic E-state index is 0.00954. The number of likely N-dealkylation sites (tertiary alicyclic amines) is 1. The Balaban J connectivity index is 1.48. The average Bonchev–Trinajstić information content (AvgIpc) is 2.79.